The highest BCUT2D eigenvalue weighted by Crippen LogP contribution is 2.62. The van der Waals surface area contributed by atoms with Gasteiger partial charge < -0.3 is 34.0 Å². The number of rotatable bonds is 12. The first-order valence-corrected chi connectivity index (χ1v) is 27.8. The number of ketones is 3. The average molecular weight is 1200 g/mol. The highest BCUT2D eigenvalue weighted by Gasteiger charge is 2.57. The maximum absolute atomic E-state index is 13.5. The normalized spacial score (nSPS) is 32.6. The van der Waals surface area contributed by atoms with Gasteiger partial charge in [0.15, 0.2) is 24.8 Å². The lowest BCUT2D eigenvalue weighted by molar-refractivity contribution is -0.685. The summed E-state index contributed by atoms with van der Waals surface area (Å²) in [6.07, 6.45) is 46.8. The van der Waals surface area contributed by atoms with Gasteiger partial charge >= 0.3 is 0 Å². The standard InChI is InChI=1S/C36H44N2O2.C12H17BrO.C12H10N2.CH3F.2CH4.2BrH/c39-33(35-17-27-11-28(18-35)13-29(12-27)19-35)23-37-7-3-25(4-8-37)1-2-26-5-9-38(10-6-26)24-34(40)36-20-30-14-31(21-36)16-32(15-30)22-36;13-7-11(14)12-4-8-1-9(5-12)3-10(2-8)6-12;1(11-3-7-13-8-4-11)2-12-5-9-14-10-6-12;1-2;;;;/h1-10,27-32H,11-24H2;8-10H,1-7H2;1-10H;1H3;2*1H4;2*1H/q+2;;;;;;;/p-2/b2-1+;;2-1+;;;;;/i;;;1D;;;;. The smallest absolute Gasteiger partial charge is 0.207 e. The lowest BCUT2D eigenvalue weighted by atomic mass is 9.48. The Kier molecular flexibility index (Phi) is 20.6. The Hall–Kier alpha value is -3.54. The molecule has 0 spiro atoms. The van der Waals surface area contributed by atoms with Crippen LogP contribution in [-0.2, 0) is 27.5 Å². The third-order valence-electron chi connectivity index (χ3n) is 18.8. The van der Waals surface area contributed by atoms with Gasteiger partial charge in [-0.15, -0.1) is 0 Å². The minimum Gasteiger partial charge on any atom is -1.00 e. The van der Waals surface area contributed by atoms with Crippen LogP contribution in [0.15, 0.2) is 98.1 Å². The molecule has 16 rings (SSSR count). The van der Waals surface area contributed by atoms with Crippen molar-refractivity contribution in [3.8, 4) is 0 Å². The molecule has 0 unspecified atom stereocenters. The number of carbonyl (C=O) groups excluding carboxylic acids is 3. The molecule has 4 aromatic heterocycles. The monoisotopic (exact) mass is 1200 g/mol. The highest BCUT2D eigenvalue weighted by atomic mass is 79.9. The molecule has 0 aliphatic heterocycles. The summed E-state index contributed by atoms with van der Waals surface area (Å²) < 4.78 is 19.6. The number of nitrogens with zero attached hydrogens (tertiary/aromatic N) is 4. The number of halogens is 4. The molecule has 74 heavy (non-hydrogen) atoms. The second-order valence-electron chi connectivity index (χ2n) is 23.8. The maximum atomic E-state index is 13.5. The molecule has 0 aromatic carbocycles. The zero-order chi connectivity index (χ0) is 49.0. The van der Waals surface area contributed by atoms with Gasteiger partial charge in [0.2, 0.25) is 24.7 Å². The highest BCUT2D eigenvalue weighted by molar-refractivity contribution is 9.09. The van der Waals surface area contributed by atoms with Crippen molar-refractivity contribution in [1.29, 1.82) is 0 Å². The Morgan fingerprint density at radius 2 is 0.703 bits per heavy atom. The molecule has 400 valence electrons. The van der Waals surface area contributed by atoms with Crippen molar-refractivity contribution in [3.63, 3.8) is 0 Å². The number of pyridine rings is 4. The Morgan fingerprint density at radius 3 is 0.932 bits per heavy atom. The Labute approximate surface area is 473 Å². The van der Waals surface area contributed by atoms with Crippen LogP contribution in [0.2, 0.25) is 0 Å². The van der Waals surface area contributed by atoms with Crippen LogP contribution in [-0.4, -0.2) is 39.8 Å². The van der Waals surface area contributed by atoms with Crippen LogP contribution >= 0.6 is 15.9 Å². The molecule has 4 aromatic rings. The quantitative estimate of drug-likeness (QED) is 0.108. The Balaban J connectivity index is 0.000000215. The molecule has 0 amide bonds. The lowest BCUT2D eigenvalue weighted by Crippen LogP contribution is -3.00. The molecular formula is C63H82Br3FN4O3. The fourth-order valence-electron chi connectivity index (χ4n) is 16.9. The van der Waals surface area contributed by atoms with Crippen molar-refractivity contribution >= 4 is 57.6 Å². The minimum atomic E-state index is -1.00. The number of alkyl halides is 2. The van der Waals surface area contributed by atoms with Crippen LogP contribution in [0.1, 0.15) is 154 Å². The van der Waals surface area contributed by atoms with Crippen LogP contribution < -0.4 is 43.1 Å². The van der Waals surface area contributed by atoms with E-state index in [1.165, 1.54) is 77.0 Å². The molecule has 11 heteroatoms. The third kappa shape index (κ3) is 13.6. The van der Waals surface area contributed by atoms with E-state index < -0.39 is 7.15 Å². The molecule has 12 aliphatic carbocycles. The van der Waals surface area contributed by atoms with Gasteiger partial charge in [0.05, 0.1) is 13.9 Å². The summed E-state index contributed by atoms with van der Waals surface area (Å²) in [5.41, 5.74) is 4.64. The number of Topliss-reactive ketones (excluding diaryl/α,β-unsaturated/α-hetero) is 3. The molecule has 0 radical (unpaired) electrons. The number of aromatic nitrogens is 4. The van der Waals surface area contributed by atoms with Crippen molar-refractivity contribution in [1.82, 2.24) is 9.97 Å². The first-order chi connectivity index (χ1) is 34.5. The van der Waals surface area contributed by atoms with Gasteiger partial charge in [-0.1, -0.05) is 55.1 Å². The summed E-state index contributed by atoms with van der Waals surface area (Å²) >= 11 is 3.36. The van der Waals surface area contributed by atoms with E-state index in [0.717, 1.165) is 114 Å². The van der Waals surface area contributed by atoms with Crippen LogP contribution in [0.4, 0.5) is 4.39 Å². The van der Waals surface area contributed by atoms with Gasteiger partial charge in [-0.25, -0.2) is 0 Å². The topological polar surface area (TPSA) is 84.8 Å². The first-order valence-electron chi connectivity index (χ1n) is 27.4. The van der Waals surface area contributed by atoms with Gasteiger partial charge in [-0.2, -0.15) is 9.13 Å². The first kappa shape index (κ1) is 58.1. The van der Waals surface area contributed by atoms with E-state index in [4.69, 9.17) is 1.37 Å². The molecule has 12 fully saturated rings. The Morgan fingerprint density at radius 1 is 0.486 bits per heavy atom. The Bertz CT molecular complexity index is 2290. The summed E-state index contributed by atoms with van der Waals surface area (Å²) in [7, 11) is -1.00. The van der Waals surface area contributed by atoms with Crippen molar-refractivity contribution in [2.24, 2.45) is 69.5 Å². The van der Waals surface area contributed by atoms with Crippen molar-refractivity contribution in [2.45, 2.75) is 144 Å². The second-order valence-corrected chi connectivity index (χ2v) is 24.4. The van der Waals surface area contributed by atoms with E-state index in [0.29, 0.717) is 35.8 Å². The molecule has 0 atom stereocenters. The minimum absolute atomic E-state index is 0. The van der Waals surface area contributed by atoms with Crippen molar-refractivity contribution in [2.75, 3.05) is 12.5 Å². The summed E-state index contributed by atoms with van der Waals surface area (Å²) in [4.78, 5) is 46.8. The molecular weight excluding hydrogens is 1120 g/mol. The van der Waals surface area contributed by atoms with Gasteiger partial charge in [0.25, 0.3) is 0 Å². The SMILES string of the molecule is C.C.C(=C\c1ccncc1)/c1ccncc1.O=C(CBr)C12CC3CC(CC(C3)C1)C2.O=C(C[n+]1ccc(/C=C/c2cc[n+](CC(=O)C34CC5CC(CC(C5)C3)C4)cc2)cc1)C12CC3CC(CC(C3)C1)C2.[2H]CF.[Br-].[Br-]. The van der Waals surface area contributed by atoms with Gasteiger partial charge in [-0.05, 0) is 215 Å². The lowest BCUT2D eigenvalue weighted by Gasteiger charge is -2.55. The maximum Gasteiger partial charge on any atom is 0.207 e. The third-order valence-corrected chi connectivity index (χ3v) is 19.4. The molecule has 12 bridgehead atoms. The fourth-order valence-corrected chi connectivity index (χ4v) is 17.5. The van der Waals surface area contributed by atoms with Crippen molar-refractivity contribution < 1.29 is 63.2 Å². The zero-order valence-electron chi connectivity index (χ0n) is 42.8. The van der Waals surface area contributed by atoms with E-state index in [1.54, 1.807) is 24.8 Å². The van der Waals surface area contributed by atoms with Crippen LogP contribution in [0.25, 0.3) is 24.3 Å². The van der Waals surface area contributed by atoms with Gasteiger partial charge in [-0.3, -0.25) is 28.7 Å². The van der Waals surface area contributed by atoms with Crippen molar-refractivity contribution in [3.05, 3.63) is 120 Å². The number of carbonyl (C=O) groups is 3. The zero-order valence-corrected chi connectivity index (χ0v) is 46.6. The van der Waals surface area contributed by atoms with Crippen LogP contribution in [0.5, 0.6) is 0 Å². The predicted molar refractivity (Wildman–Crippen MR) is 291 cm³/mol. The van der Waals surface area contributed by atoms with Crippen LogP contribution in [0, 0.1) is 69.5 Å². The molecule has 12 saturated carbocycles. The molecule has 0 N–H and O–H groups in total. The van der Waals surface area contributed by atoms with Crippen LogP contribution in [0.3, 0.4) is 0 Å². The largest absolute Gasteiger partial charge is 1.00 e. The molecule has 0 saturated heterocycles. The van der Waals surface area contributed by atoms with E-state index in [1.807, 2.05) is 24.3 Å². The van der Waals surface area contributed by atoms with Gasteiger partial charge in [0, 0.05) is 65.3 Å². The number of hydrogen-bond donors (Lipinski definition) is 0. The fraction of sp³-hybridized carbons (Fsp3) is 0.571. The average Bonchev–Trinajstić information content (AvgIpc) is 3.36. The summed E-state index contributed by atoms with van der Waals surface area (Å²) in [5, 5.41) is 0.582. The van der Waals surface area contributed by atoms with E-state index in [-0.39, 0.29) is 65.1 Å². The van der Waals surface area contributed by atoms with E-state index in [9.17, 15) is 18.8 Å². The summed E-state index contributed by atoms with van der Waals surface area (Å²) in [5.74, 6) is 8.96. The van der Waals surface area contributed by atoms with E-state index >= 15 is 0 Å². The summed E-state index contributed by atoms with van der Waals surface area (Å²) in [6, 6.07) is 16.3. The van der Waals surface area contributed by atoms with E-state index in [2.05, 4.69) is 108 Å². The molecule has 12 aliphatic rings. The summed E-state index contributed by atoms with van der Waals surface area (Å²) in [6.45, 7) is 1.02. The van der Waals surface area contributed by atoms with Gasteiger partial charge in [0.1, 0.15) is 5.78 Å². The second kappa shape index (κ2) is 26.2. The number of hydrogen-bond acceptors (Lipinski definition) is 5. The molecule has 4 heterocycles. The predicted octanol–water partition coefficient (Wildman–Crippen LogP) is 7.68. The molecule has 7 nitrogen and oxygen atoms in total.